The minimum absolute atomic E-state index is 0.299. The van der Waals surface area contributed by atoms with Crippen LogP contribution in [0.1, 0.15) is 25.8 Å². The molecule has 17 heavy (non-hydrogen) atoms. The van der Waals surface area contributed by atoms with Gasteiger partial charge in [-0.15, -0.1) is 0 Å². The van der Waals surface area contributed by atoms with Gasteiger partial charge in [0.2, 0.25) is 0 Å². The van der Waals surface area contributed by atoms with Crippen molar-refractivity contribution in [3.05, 3.63) is 34.6 Å². The molecule has 1 aromatic rings. The van der Waals surface area contributed by atoms with Crippen LogP contribution in [-0.4, -0.2) is 18.8 Å². The Balaban J connectivity index is 2.91. The van der Waals surface area contributed by atoms with Crippen LogP contribution in [0.15, 0.2) is 18.2 Å². The van der Waals surface area contributed by atoms with E-state index in [1.807, 2.05) is 13.8 Å². The molecule has 2 unspecified atom stereocenters. The summed E-state index contributed by atoms with van der Waals surface area (Å²) in [5.41, 5.74) is 6.08. The van der Waals surface area contributed by atoms with Gasteiger partial charge in [-0.25, -0.2) is 4.39 Å². The van der Waals surface area contributed by atoms with E-state index in [1.54, 1.807) is 19.2 Å². The second-order valence-electron chi connectivity index (χ2n) is 4.38. The van der Waals surface area contributed by atoms with Crippen LogP contribution < -0.4 is 5.73 Å². The van der Waals surface area contributed by atoms with Crippen LogP contribution in [0.25, 0.3) is 0 Å². The lowest BCUT2D eigenvalue weighted by molar-refractivity contribution is -0.0186. The SMILES string of the molecule is CCC(C)(OC)C(N)Cc1c(F)cccc1Cl. The lowest BCUT2D eigenvalue weighted by Crippen LogP contribution is -2.48. The van der Waals surface area contributed by atoms with Gasteiger partial charge >= 0.3 is 0 Å². The molecule has 0 aliphatic carbocycles. The Hall–Kier alpha value is -0.640. The van der Waals surface area contributed by atoms with E-state index in [2.05, 4.69) is 0 Å². The van der Waals surface area contributed by atoms with Crippen molar-refractivity contribution in [1.82, 2.24) is 0 Å². The van der Waals surface area contributed by atoms with E-state index in [4.69, 9.17) is 22.1 Å². The number of nitrogens with two attached hydrogens (primary N) is 1. The third kappa shape index (κ3) is 3.18. The van der Waals surface area contributed by atoms with Gasteiger partial charge in [0.05, 0.1) is 5.60 Å². The Morgan fingerprint density at radius 1 is 1.53 bits per heavy atom. The molecule has 0 aromatic heterocycles. The molecule has 0 amide bonds. The molecule has 1 aromatic carbocycles. The topological polar surface area (TPSA) is 35.2 Å². The van der Waals surface area contributed by atoms with Crippen molar-refractivity contribution in [3.63, 3.8) is 0 Å². The van der Waals surface area contributed by atoms with Crippen LogP contribution in [0.5, 0.6) is 0 Å². The molecule has 0 bridgehead atoms. The molecule has 0 aliphatic heterocycles. The van der Waals surface area contributed by atoms with E-state index >= 15 is 0 Å². The third-order valence-electron chi connectivity index (χ3n) is 3.44. The number of ether oxygens (including phenoxy) is 1. The molecule has 0 fully saturated rings. The molecule has 0 spiro atoms. The Bertz CT molecular complexity index is 359. The number of benzene rings is 1. The first-order chi connectivity index (χ1) is 7.94. The standard InChI is InChI=1S/C13H19ClFNO/c1-4-13(2,17-3)12(16)8-9-10(14)6-5-7-11(9)15/h5-7,12H,4,8,16H2,1-3H3. The highest BCUT2D eigenvalue weighted by molar-refractivity contribution is 6.31. The van der Waals surface area contributed by atoms with Crippen LogP contribution in [0, 0.1) is 5.82 Å². The molecule has 2 N–H and O–H groups in total. The van der Waals surface area contributed by atoms with Gasteiger partial charge < -0.3 is 10.5 Å². The Kier molecular flexibility index (Phi) is 4.92. The molecule has 0 heterocycles. The summed E-state index contributed by atoms with van der Waals surface area (Å²) in [7, 11) is 1.62. The summed E-state index contributed by atoms with van der Waals surface area (Å²) in [6.07, 6.45) is 1.13. The minimum Gasteiger partial charge on any atom is -0.377 e. The predicted octanol–water partition coefficient (Wildman–Crippen LogP) is 3.16. The molecular weight excluding hydrogens is 241 g/mol. The van der Waals surface area contributed by atoms with Crippen LogP contribution >= 0.6 is 11.6 Å². The van der Waals surface area contributed by atoms with Gasteiger partial charge in [-0.05, 0) is 31.9 Å². The van der Waals surface area contributed by atoms with E-state index in [0.717, 1.165) is 6.42 Å². The van der Waals surface area contributed by atoms with E-state index in [1.165, 1.54) is 6.07 Å². The van der Waals surface area contributed by atoms with Gasteiger partial charge in [0, 0.05) is 23.7 Å². The summed E-state index contributed by atoms with van der Waals surface area (Å²) < 4.78 is 19.0. The zero-order valence-corrected chi connectivity index (χ0v) is 11.2. The maximum absolute atomic E-state index is 13.6. The lowest BCUT2D eigenvalue weighted by atomic mass is 9.89. The monoisotopic (exact) mass is 259 g/mol. The van der Waals surface area contributed by atoms with Crippen molar-refractivity contribution in [2.24, 2.45) is 5.73 Å². The molecule has 96 valence electrons. The summed E-state index contributed by atoms with van der Waals surface area (Å²) >= 11 is 5.97. The van der Waals surface area contributed by atoms with E-state index < -0.39 is 5.60 Å². The molecule has 2 nitrogen and oxygen atoms in total. The highest BCUT2D eigenvalue weighted by atomic mass is 35.5. The summed E-state index contributed by atoms with van der Waals surface area (Å²) in [6.45, 7) is 3.92. The number of methoxy groups -OCH3 is 1. The van der Waals surface area contributed by atoms with Crippen LogP contribution in [0.3, 0.4) is 0 Å². The van der Waals surface area contributed by atoms with E-state index in [0.29, 0.717) is 17.0 Å². The molecule has 0 radical (unpaired) electrons. The zero-order chi connectivity index (χ0) is 13.1. The summed E-state index contributed by atoms with van der Waals surface area (Å²) in [5.74, 6) is -0.317. The quantitative estimate of drug-likeness (QED) is 0.882. The average Bonchev–Trinajstić information content (AvgIpc) is 2.32. The number of hydrogen-bond acceptors (Lipinski definition) is 2. The molecule has 0 saturated heterocycles. The van der Waals surface area contributed by atoms with Gasteiger partial charge in [-0.2, -0.15) is 0 Å². The van der Waals surface area contributed by atoms with Gasteiger partial charge in [0.15, 0.2) is 0 Å². The Morgan fingerprint density at radius 2 is 2.18 bits per heavy atom. The van der Waals surface area contributed by atoms with E-state index in [9.17, 15) is 4.39 Å². The third-order valence-corrected chi connectivity index (χ3v) is 3.79. The summed E-state index contributed by atoms with van der Waals surface area (Å²) in [6, 6.07) is 4.35. The van der Waals surface area contributed by atoms with Gasteiger partial charge in [0.25, 0.3) is 0 Å². The lowest BCUT2D eigenvalue weighted by Gasteiger charge is -2.33. The predicted molar refractivity (Wildman–Crippen MR) is 68.8 cm³/mol. The van der Waals surface area contributed by atoms with Crippen LogP contribution in [0.2, 0.25) is 5.02 Å². The first-order valence-corrected chi connectivity index (χ1v) is 6.06. The van der Waals surface area contributed by atoms with Crippen molar-refractivity contribution < 1.29 is 9.13 Å². The Labute approximate surface area is 107 Å². The molecule has 2 atom stereocenters. The second-order valence-corrected chi connectivity index (χ2v) is 4.79. The van der Waals surface area contributed by atoms with Gasteiger partial charge in [-0.1, -0.05) is 24.6 Å². The highest BCUT2D eigenvalue weighted by Crippen LogP contribution is 2.25. The fourth-order valence-electron chi connectivity index (χ4n) is 1.72. The second kappa shape index (κ2) is 5.80. The highest BCUT2D eigenvalue weighted by Gasteiger charge is 2.30. The van der Waals surface area contributed by atoms with Crippen molar-refractivity contribution >= 4 is 11.6 Å². The number of hydrogen-bond donors (Lipinski definition) is 1. The number of rotatable bonds is 5. The molecule has 1 rings (SSSR count). The smallest absolute Gasteiger partial charge is 0.127 e. The maximum atomic E-state index is 13.6. The molecule has 4 heteroatoms. The minimum atomic E-state index is -0.467. The first-order valence-electron chi connectivity index (χ1n) is 5.68. The van der Waals surface area contributed by atoms with E-state index in [-0.39, 0.29) is 11.9 Å². The van der Waals surface area contributed by atoms with Gasteiger partial charge in [0.1, 0.15) is 5.82 Å². The Morgan fingerprint density at radius 3 is 2.65 bits per heavy atom. The number of halogens is 2. The summed E-state index contributed by atoms with van der Waals surface area (Å²) in [5, 5.41) is 0.412. The van der Waals surface area contributed by atoms with Crippen molar-refractivity contribution in [3.8, 4) is 0 Å². The summed E-state index contributed by atoms with van der Waals surface area (Å²) in [4.78, 5) is 0. The fourth-order valence-corrected chi connectivity index (χ4v) is 1.96. The molecule has 0 saturated carbocycles. The molecular formula is C13H19ClFNO. The maximum Gasteiger partial charge on any atom is 0.127 e. The fraction of sp³-hybridized carbons (Fsp3) is 0.538. The van der Waals surface area contributed by atoms with Crippen molar-refractivity contribution in [2.45, 2.75) is 38.3 Å². The molecule has 0 aliphatic rings. The van der Waals surface area contributed by atoms with Crippen LogP contribution in [0.4, 0.5) is 4.39 Å². The average molecular weight is 260 g/mol. The van der Waals surface area contributed by atoms with Crippen LogP contribution in [-0.2, 0) is 11.2 Å². The first kappa shape index (κ1) is 14.4. The zero-order valence-electron chi connectivity index (χ0n) is 10.5. The van der Waals surface area contributed by atoms with Crippen molar-refractivity contribution in [2.75, 3.05) is 7.11 Å². The van der Waals surface area contributed by atoms with Crippen molar-refractivity contribution in [1.29, 1.82) is 0 Å². The normalized spacial score (nSPS) is 16.6. The largest absolute Gasteiger partial charge is 0.377 e. The van der Waals surface area contributed by atoms with Gasteiger partial charge in [-0.3, -0.25) is 0 Å².